The van der Waals surface area contributed by atoms with Crippen molar-refractivity contribution in [2.24, 2.45) is 0 Å². The molecule has 7 heteroatoms. The van der Waals surface area contributed by atoms with E-state index in [-0.39, 0.29) is 17.6 Å². The molecule has 0 aromatic heterocycles. The number of benzene rings is 2. The first-order valence-electron chi connectivity index (χ1n) is 9.27. The van der Waals surface area contributed by atoms with Crippen molar-refractivity contribution in [3.8, 4) is 0 Å². The minimum absolute atomic E-state index is 0.0939. The number of rotatable bonds is 7. The molecule has 2 aromatic carbocycles. The Hall–Kier alpha value is -1.83. The van der Waals surface area contributed by atoms with Crippen LogP contribution in [-0.4, -0.2) is 59.3 Å². The molecule has 1 heterocycles. The first kappa shape index (κ1) is 20.9. The molecule has 28 heavy (non-hydrogen) atoms. The van der Waals surface area contributed by atoms with Crippen molar-refractivity contribution in [2.45, 2.75) is 6.54 Å². The fourth-order valence-corrected chi connectivity index (χ4v) is 4.20. The Labute approximate surface area is 178 Å². The molecule has 0 saturated carbocycles. The van der Waals surface area contributed by atoms with Crippen LogP contribution >= 0.6 is 27.7 Å². The summed E-state index contributed by atoms with van der Waals surface area (Å²) in [5.74, 6) is 0.625. The van der Waals surface area contributed by atoms with Gasteiger partial charge in [0.2, 0.25) is 11.8 Å². The van der Waals surface area contributed by atoms with Crippen molar-refractivity contribution >= 4 is 45.2 Å². The molecule has 0 aliphatic carbocycles. The lowest BCUT2D eigenvalue weighted by Gasteiger charge is -2.34. The van der Waals surface area contributed by atoms with Crippen LogP contribution < -0.4 is 5.32 Å². The van der Waals surface area contributed by atoms with Gasteiger partial charge in [0, 0.05) is 42.9 Å². The van der Waals surface area contributed by atoms with E-state index in [1.54, 1.807) is 0 Å². The largest absolute Gasteiger partial charge is 0.339 e. The first-order valence-corrected chi connectivity index (χ1v) is 11.2. The lowest BCUT2D eigenvalue weighted by molar-refractivity contribution is -0.130. The normalized spacial score (nSPS) is 14.7. The average molecular weight is 462 g/mol. The molecular weight excluding hydrogens is 438 g/mol. The van der Waals surface area contributed by atoms with Crippen molar-refractivity contribution in [1.82, 2.24) is 9.80 Å². The second kappa shape index (κ2) is 10.6. The van der Waals surface area contributed by atoms with E-state index in [2.05, 4.69) is 50.4 Å². The van der Waals surface area contributed by atoms with Gasteiger partial charge in [0.05, 0.1) is 11.5 Å². The summed E-state index contributed by atoms with van der Waals surface area (Å²) in [6.45, 7) is 4.18. The van der Waals surface area contributed by atoms with Crippen LogP contribution in [0.4, 0.5) is 5.69 Å². The summed E-state index contributed by atoms with van der Waals surface area (Å²) in [6.07, 6.45) is 0. The van der Waals surface area contributed by atoms with E-state index in [1.807, 2.05) is 35.2 Å². The highest BCUT2D eigenvalue weighted by Gasteiger charge is 2.21. The van der Waals surface area contributed by atoms with E-state index >= 15 is 0 Å². The van der Waals surface area contributed by atoms with Gasteiger partial charge in [0.15, 0.2) is 0 Å². The van der Waals surface area contributed by atoms with E-state index < -0.39 is 0 Å². The molecule has 0 atom stereocenters. The Morgan fingerprint density at radius 2 is 1.71 bits per heavy atom. The molecule has 148 valence electrons. The van der Waals surface area contributed by atoms with Crippen LogP contribution in [-0.2, 0) is 16.1 Å². The highest BCUT2D eigenvalue weighted by Crippen LogP contribution is 2.16. The fourth-order valence-electron chi connectivity index (χ4n) is 3.08. The van der Waals surface area contributed by atoms with E-state index in [1.165, 1.54) is 17.3 Å². The van der Waals surface area contributed by atoms with Crippen LogP contribution in [0.2, 0.25) is 0 Å². The molecule has 0 radical (unpaired) electrons. The number of nitrogens with zero attached hydrogens (tertiary/aromatic N) is 2. The standard InChI is InChI=1S/C21H24BrN3O2S/c22-18-7-4-8-19(13-18)23-20(26)15-28-16-21(27)25-11-9-24(10-12-25)14-17-5-2-1-3-6-17/h1-8,13H,9-12,14-16H2,(H,23,26). The van der Waals surface area contributed by atoms with E-state index in [0.717, 1.165) is 42.9 Å². The molecule has 1 aliphatic heterocycles. The van der Waals surface area contributed by atoms with Gasteiger partial charge in [-0.2, -0.15) is 0 Å². The van der Waals surface area contributed by atoms with Crippen LogP contribution in [0.5, 0.6) is 0 Å². The molecule has 0 unspecified atom stereocenters. The molecule has 1 N–H and O–H groups in total. The summed E-state index contributed by atoms with van der Waals surface area (Å²) in [4.78, 5) is 28.7. The third-order valence-corrected chi connectivity index (χ3v) is 5.95. The van der Waals surface area contributed by atoms with E-state index in [4.69, 9.17) is 0 Å². The quantitative estimate of drug-likeness (QED) is 0.685. The minimum Gasteiger partial charge on any atom is -0.339 e. The SMILES string of the molecule is O=C(CSCC(=O)N1CCN(Cc2ccccc2)CC1)Nc1cccc(Br)c1. The minimum atomic E-state index is -0.0939. The predicted octanol–water partition coefficient (Wildman–Crippen LogP) is 3.47. The maximum absolute atomic E-state index is 12.4. The first-order chi connectivity index (χ1) is 13.6. The number of carbonyl (C=O) groups excluding carboxylic acids is 2. The molecule has 2 aromatic rings. The molecule has 3 rings (SSSR count). The van der Waals surface area contributed by atoms with Gasteiger partial charge in [-0.1, -0.05) is 52.3 Å². The monoisotopic (exact) mass is 461 g/mol. The molecule has 0 spiro atoms. The van der Waals surface area contributed by atoms with Crippen LogP contribution in [0.3, 0.4) is 0 Å². The van der Waals surface area contributed by atoms with Gasteiger partial charge >= 0.3 is 0 Å². The molecule has 5 nitrogen and oxygen atoms in total. The van der Waals surface area contributed by atoms with Gasteiger partial charge in [-0.25, -0.2) is 0 Å². The summed E-state index contributed by atoms with van der Waals surface area (Å²) >= 11 is 4.74. The molecular formula is C21H24BrN3O2S. The number of hydrogen-bond acceptors (Lipinski definition) is 4. The zero-order chi connectivity index (χ0) is 19.8. The van der Waals surface area contributed by atoms with Crippen LogP contribution in [0.1, 0.15) is 5.56 Å². The molecule has 1 saturated heterocycles. The third-order valence-electron chi connectivity index (χ3n) is 4.54. The highest BCUT2D eigenvalue weighted by molar-refractivity contribution is 9.10. The second-order valence-electron chi connectivity index (χ2n) is 6.69. The summed E-state index contributed by atoms with van der Waals surface area (Å²) in [5, 5.41) is 2.84. The number of nitrogens with one attached hydrogen (secondary N) is 1. The van der Waals surface area contributed by atoms with Gasteiger partial charge < -0.3 is 10.2 Å². The van der Waals surface area contributed by atoms with E-state index in [9.17, 15) is 9.59 Å². The second-order valence-corrected chi connectivity index (χ2v) is 8.60. The van der Waals surface area contributed by atoms with Gasteiger partial charge in [-0.15, -0.1) is 11.8 Å². The predicted molar refractivity (Wildman–Crippen MR) is 118 cm³/mol. The fraction of sp³-hybridized carbons (Fsp3) is 0.333. The number of halogens is 1. The third kappa shape index (κ3) is 6.65. The Morgan fingerprint density at radius 1 is 0.964 bits per heavy atom. The van der Waals surface area contributed by atoms with Gasteiger partial charge in [-0.3, -0.25) is 14.5 Å². The number of amides is 2. The van der Waals surface area contributed by atoms with Gasteiger partial charge in [0.1, 0.15) is 0 Å². The Kier molecular flexibility index (Phi) is 7.94. The van der Waals surface area contributed by atoms with E-state index in [0.29, 0.717) is 5.75 Å². The summed E-state index contributed by atoms with van der Waals surface area (Å²) in [5.41, 5.74) is 2.05. The topological polar surface area (TPSA) is 52.7 Å². The lowest BCUT2D eigenvalue weighted by atomic mass is 10.2. The summed E-state index contributed by atoms with van der Waals surface area (Å²) < 4.78 is 0.916. The molecule has 1 fully saturated rings. The summed E-state index contributed by atoms with van der Waals surface area (Å²) in [6, 6.07) is 17.9. The smallest absolute Gasteiger partial charge is 0.234 e. The Bertz CT molecular complexity index is 795. The molecule has 1 aliphatic rings. The number of carbonyl (C=O) groups is 2. The van der Waals surface area contributed by atoms with Gasteiger partial charge in [-0.05, 0) is 23.8 Å². The molecule has 2 amide bonds. The number of thioether (sulfide) groups is 1. The maximum Gasteiger partial charge on any atom is 0.234 e. The molecule has 0 bridgehead atoms. The van der Waals surface area contributed by atoms with Crippen LogP contribution in [0.25, 0.3) is 0 Å². The lowest BCUT2D eigenvalue weighted by Crippen LogP contribution is -2.48. The van der Waals surface area contributed by atoms with Crippen molar-refractivity contribution in [2.75, 3.05) is 43.0 Å². The number of piperazine rings is 1. The number of hydrogen-bond donors (Lipinski definition) is 1. The Balaban J connectivity index is 1.34. The highest BCUT2D eigenvalue weighted by atomic mass is 79.9. The van der Waals surface area contributed by atoms with Gasteiger partial charge in [0.25, 0.3) is 0 Å². The van der Waals surface area contributed by atoms with Crippen molar-refractivity contribution < 1.29 is 9.59 Å². The maximum atomic E-state index is 12.4. The van der Waals surface area contributed by atoms with Crippen molar-refractivity contribution in [3.05, 3.63) is 64.6 Å². The average Bonchev–Trinajstić information content (AvgIpc) is 2.69. The van der Waals surface area contributed by atoms with Crippen LogP contribution in [0, 0.1) is 0 Å². The summed E-state index contributed by atoms with van der Waals surface area (Å²) in [7, 11) is 0. The Morgan fingerprint density at radius 3 is 2.43 bits per heavy atom. The van der Waals surface area contributed by atoms with Crippen molar-refractivity contribution in [1.29, 1.82) is 0 Å². The van der Waals surface area contributed by atoms with Crippen molar-refractivity contribution in [3.63, 3.8) is 0 Å². The zero-order valence-electron chi connectivity index (χ0n) is 15.6. The zero-order valence-corrected chi connectivity index (χ0v) is 18.0. The number of anilines is 1. The van der Waals surface area contributed by atoms with Crippen LogP contribution in [0.15, 0.2) is 59.1 Å².